The van der Waals surface area contributed by atoms with E-state index in [2.05, 4.69) is 41.3 Å². The van der Waals surface area contributed by atoms with E-state index in [4.69, 9.17) is 5.11 Å². The van der Waals surface area contributed by atoms with E-state index in [1.54, 1.807) is 12.3 Å². The fourth-order valence-corrected chi connectivity index (χ4v) is 1.51. The first-order chi connectivity index (χ1) is 8.19. The molecule has 0 amide bonds. The molecule has 1 aromatic heterocycles. The maximum atomic E-state index is 8.96. The fraction of sp³-hybridized carbons (Fsp3) is 0.231. The van der Waals surface area contributed by atoms with Gasteiger partial charge in [0.1, 0.15) is 12.4 Å². The second kappa shape index (κ2) is 4.93. The van der Waals surface area contributed by atoms with E-state index >= 15 is 0 Å². The van der Waals surface area contributed by atoms with Gasteiger partial charge >= 0.3 is 0 Å². The van der Waals surface area contributed by atoms with Crippen LogP contribution in [0.15, 0.2) is 30.5 Å². The van der Waals surface area contributed by atoms with Gasteiger partial charge in [0.2, 0.25) is 0 Å². The van der Waals surface area contributed by atoms with Crippen LogP contribution in [0.25, 0.3) is 0 Å². The van der Waals surface area contributed by atoms with Gasteiger partial charge in [-0.05, 0) is 43.2 Å². The van der Waals surface area contributed by atoms with Crippen molar-refractivity contribution in [2.24, 2.45) is 0 Å². The van der Waals surface area contributed by atoms with Crippen LogP contribution in [-0.2, 0) is 6.61 Å². The third-order valence-corrected chi connectivity index (χ3v) is 2.63. The van der Waals surface area contributed by atoms with Crippen LogP contribution < -0.4 is 5.32 Å². The smallest absolute Gasteiger partial charge is 0.156 e. The average Bonchev–Trinajstić information content (AvgIpc) is 2.34. The Morgan fingerprint density at radius 2 is 2.00 bits per heavy atom. The van der Waals surface area contributed by atoms with Crippen molar-refractivity contribution >= 4 is 11.5 Å². The number of benzene rings is 1. The zero-order chi connectivity index (χ0) is 12.3. The fourth-order valence-electron chi connectivity index (χ4n) is 1.51. The molecule has 2 rings (SSSR count). The first-order valence-corrected chi connectivity index (χ1v) is 5.46. The largest absolute Gasteiger partial charge is 0.388 e. The minimum Gasteiger partial charge on any atom is -0.388 e. The number of rotatable bonds is 3. The summed E-state index contributed by atoms with van der Waals surface area (Å²) in [6, 6.07) is 7.90. The molecule has 0 unspecified atom stereocenters. The van der Waals surface area contributed by atoms with E-state index in [-0.39, 0.29) is 6.61 Å². The van der Waals surface area contributed by atoms with E-state index < -0.39 is 0 Å². The van der Waals surface area contributed by atoms with Gasteiger partial charge in [-0.25, -0.2) is 9.97 Å². The molecular weight excluding hydrogens is 214 g/mol. The van der Waals surface area contributed by atoms with Crippen LogP contribution in [0.5, 0.6) is 0 Å². The molecule has 0 aliphatic rings. The van der Waals surface area contributed by atoms with Crippen LogP contribution in [0.3, 0.4) is 0 Å². The highest BCUT2D eigenvalue weighted by atomic mass is 16.3. The van der Waals surface area contributed by atoms with Crippen molar-refractivity contribution in [3.63, 3.8) is 0 Å². The maximum absolute atomic E-state index is 8.96. The molecule has 1 heterocycles. The van der Waals surface area contributed by atoms with Gasteiger partial charge in [0.05, 0.1) is 0 Å². The molecule has 0 aliphatic heterocycles. The molecule has 0 atom stereocenters. The molecule has 17 heavy (non-hydrogen) atoms. The number of hydrogen-bond donors (Lipinski definition) is 2. The number of aliphatic hydroxyl groups is 1. The molecule has 4 nitrogen and oxygen atoms in total. The summed E-state index contributed by atoms with van der Waals surface area (Å²) in [5, 5.41) is 12.1. The average molecular weight is 229 g/mol. The highest BCUT2D eigenvalue weighted by molar-refractivity contribution is 5.57. The summed E-state index contributed by atoms with van der Waals surface area (Å²) in [4.78, 5) is 8.10. The topological polar surface area (TPSA) is 58.0 Å². The number of anilines is 2. The molecule has 0 radical (unpaired) electrons. The van der Waals surface area contributed by atoms with E-state index in [1.165, 1.54) is 11.1 Å². The van der Waals surface area contributed by atoms with Crippen molar-refractivity contribution in [1.82, 2.24) is 9.97 Å². The van der Waals surface area contributed by atoms with E-state index in [0.29, 0.717) is 11.6 Å². The van der Waals surface area contributed by atoms with Gasteiger partial charge in [-0.2, -0.15) is 0 Å². The molecule has 0 bridgehead atoms. The lowest BCUT2D eigenvalue weighted by molar-refractivity contribution is 0.271. The molecule has 2 N–H and O–H groups in total. The molecule has 0 fully saturated rings. The lowest BCUT2D eigenvalue weighted by atomic mass is 10.1. The zero-order valence-electron chi connectivity index (χ0n) is 9.94. The molecule has 4 heteroatoms. The Kier molecular flexibility index (Phi) is 3.35. The quantitative estimate of drug-likeness (QED) is 0.848. The van der Waals surface area contributed by atoms with Crippen LogP contribution in [0, 0.1) is 13.8 Å². The van der Waals surface area contributed by atoms with Gasteiger partial charge < -0.3 is 10.4 Å². The van der Waals surface area contributed by atoms with Crippen molar-refractivity contribution in [1.29, 1.82) is 0 Å². The summed E-state index contributed by atoms with van der Waals surface area (Å²) >= 11 is 0. The summed E-state index contributed by atoms with van der Waals surface area (Å²) in [5.74, 6) is 1.10. The van der Waals surface area contributed by atoms with Gasteiger partial charge in [0.25, 0.3) is 0 Å². The lowest BCUT2D eigenvalue weighted by Gasteiger charge is -2.08. The third-order valence-electron chi connectivity index (χ3n) is 2.63. The number of hydrogen-bond acceptors (Lipinski definition) is 4. The zero-order valence-corrected chi connectivity index (χ0v) is 9.94. The van der Waals surface area contributed by atoms with Crippen molar-refractivity contribution in [2.75, 3.05) is 5.32 Å². The van der Waals surface area contributed by atoms with Crippen LogP contribution >= 0.6 is 0 Å². The number of aliphatic hydroxyl groups excluding tert-OH is 1. The Morgan fingerprint density at radius 3 is 2.71 bits per heavy atom. The Balaban J connectivity index is 2.22. The summed E-state index contributed by atoms with van der Waals surface area (Å²) in [6.07, 6.45) is 1.63. The van der Waals surface area contributed by atoms with Gasteiger partial charge in [0, 0.05) is 11.9 Å². The second-order valence-electron chi connectivity index (χ2n) is 3.94. The minimum atomic E-state index is -0.150. The van der Waals surface area contributed by atoms with E-state index in [1.807, 2.05) is 6.07 Å². The minimum absolute atomic E-state index is 0.150. The van der Waals surface area contributed by atoms with Crippen LogP contribution in [0.1, 0.15) is 17.0 Å². The molecule has 2 aromatic rings. The highest BCUT2D eigenvalue weighted by Gasteiger charge is 2.00. The van der Waals surface area contributed by atoms with Crippen molar-refractivity contribution < 1.29 is 5.11 Å². The Hall–Kier alpha value is -1.94. The van der Waals surface area contributed by atoms with Gasteiger partial charge in [-0.3, -0.25) is 0 Å². The van der Waals surface area contributed by atoms with Gasteiger partial charge in [0.15, 0.2) is 5.82 Å². The number of aryl methyl sites for hydroxylation is 2. The summed E-state index contributed by atoms with van der Waals surface area (Å²) in [6.45, 7) is 4.00. The van der Waals surface area contributed by atoms with Crippen molar-refractivity contribution in [3.8, 4) is 0 Å². The molecule has 0 saturated carbocycles. The Bertz CT molecular complexity index is 526. The number of nitrogens with zero attached hydrogens (tertiary/aromatic N) is 2. The van der Waals surface area contributed by atoms with Gasteiger partial charge in [-0.15, -0.1) is 0 Å². The molecule has 0 saturated heterocycles. The second-order valence-corrected chi connectivity index (χ2v) is 3.94. The van der Waals surface area contributed by atoms with Crippen LogP contribution in [0.2, 0.25) is 0 Å². The molecular formula is C13H15N3O. The van der Waals surface area contributed by atoms with Gasteiger partial charge in [-0.1, -0.05) is 6.07 Å². The van der Waals surface area contributed by atoms with Crippen molar-refractivity contribution in [2.45, 2.75) is 20.5 Å². The van der Waals surface area contributed by atoms with E-state index in [0.717, 1.165) is 5.69 Å². The number of nitrogens with one attached hydrogen (secondary N) is 1. The third kappa shape index (κ3) is 2.79. The highest BCUT2D eigenvalue weighted by Crippen LogP contribution is 2.17. The Morgan fingerprint density at radius 1 is 1.18 bits per heavy atom. The standard InChI is InChI=1S/C13H15N3O/c1-9-3-4-11(7-10(9)2)15-12-5-6-14-13(8-17)16-12/h3-7,17H,8H2,1-2H3,(H,14,15,16). The first kappa shape index (κ1) is 11.5. The van der Waals surface area contributed by atoms with E-state index in [9.17, 15) is 0 Å². The summed E-state index contributed by atoms with van der Waals surface area (Å²) in [5.41, 5.74) is 3.47. The monoisotopic (exact) mass is 229 g/mol. The van der Waals surface area contributed by atoms with Crippen LogP contribution in [-0.4, -0.2) is 15.1 Å². The lowest BCUT2D eigenvalue weighted by Crippen LogP contribution is -1.99. The summed E-state index contributed by atoms with van der Waals surface area (Å²) in [7, 11) is 0. The molecule has 0 spiro atoms. The summed E-state index contributed by atoms with van der Waals surface area (Å²) < 4.78 is 0. The predicted octanol–water partition coefficient (Wildman–Crippen LogP) is 2.33. The first-order valence-electron chi connectivity index (χ1n) is 5.46. The SMILES string of the molecule is Cc1ccc(Nc2ccnc(CO)n2)cc1C. The maximum Gasteiger partial charge on any atom is 0.156 e. The normalized spacial score (nSPS) is 10.3. The molecule has 0 aliphatic carbocycles. The molecule has 1 aromatic carbocycles. The Labute approximate surface area is 100 Å². The molecule has 88 valence electrons. The predicted molar refractivity (Wildman–Crippen MR) is 67.2 cm³/mol. The van der Waals surface area contributed by atoms with Crippen molar-refractivity contribution in [3.05, 3.63) is 47.4 Å². The number of aromatic nitrogens is 2. The van der Waals surface area contributed by atoms with Crippen LogP contribution in [0.4, 0.5) is 11.5 Å².